The van der Waals surface area contributed by atoms with Gasteiger partial charge in [0.15, 0.2) is 12.0 Å². The third-order valence-corrected chi connectivity index (χ3v) is 8.07. The third kappa shape index (κ3) is 7.64. The maximum atomic E-state index is 9.34. The average molecular weight is 602 g/mol. The van der Waals surface area contributed by atoms with E-state index in [1.807, 2.05) is 18.2 Å². The minimum atomic E-state index is -0.664. The molecule has 5 heterocycles. The maximum Gasteiger partial charge on any atom is 0.225 e. The van der Waals surface area contributed by atoms with Crippen molar-refractivity contribution in [3.8, 4) is 22.9 Å². The predicted molar refractivity (Wildman–Crippen MR) is 157 cm³/mol. The van der Waals surface area contributed by atoms with Gasteiger partial charge in [0.05, 0.1) is 30.8 Å². The third-order valence-electron chi connectivity index (χ3n) is 7.64. The van der Waals surface area contributed by atoms with E-state index in [9.17, 15) is 5.11 Å². The molecule has 41 heavy (non-hydrogen) atoms. The highest BCUT2D eigenvalue weighted by Gasteiger charge is 2.37. The molecule has 2 unspecified atom stereocenters. The van der Waals surface area contributed by atoms with E-state index in [0.29, 0.717) is 34.2 Å². The van der Waals surface area contributed by atoms with Crippen LogP contribution in [0.15, 0.2) is 42.7 Å². The van der Waals surface area contributed by atoms with Crippen LogP contribution >= 0.6 is 23.2 Å². The molecule has 3 aliphatic heterocycles. The van der Waals surface area contributed by atoms with E-state index in [1.165, 1.54) is 0 Å². The molecule has 0 amide bonds. The van der Waals surface area contributed by atoms with Gasteiger partial charge >= 0.3 is 0 Å². The Morgan fingerprint density at radius 1 is 0.951 bits per heavy atom. The normalized spacial score (nSPS) is 22.2. The zero-order chi connectivity index (χ0) is 28.3. The lowest BCUT2D eigenvalue weighted by Crippen LogP contribution is -2.45. The number of ether oxygens (including phenoxy) is 3. The molecule has 0 saturated carbocycles. The minimum absolute atomic E-state index is 0.171. The molecule has 3 aromatic rings. The zero-order valence-electron chi connectivity index (χ0n) is 23.0. The van der Waals surface area contributed by atoms with E-state index in [-0.39, 0.29) is 12.2 Å². The first kappa shape index (κ1) is 28.5. The number of pyridine rings is 1. The molecule has 12 heteroatoms. The fourth-order valence-electron chi connectivity index (χ4n) is 5.18. The Kier molecular flexibility index (Phi) is 8.87. The van der Waals surface area contributed by atoms with Crippen molar-refractivity contribution < 1.29 is 19.3 Å². The summed E-state index contributed by atoms with van der Waals surface area (Å²) in [4.78, 5) is 20.8. The van der Waals surface area contributed by atoms with E-state index in [2.05, 4.69) is 37.8 Å². The van der Waals surface area contributed by atoms with Crippen molar-refractivity contribution in [3.63, 3.8) is 0 Å². The van der Waals surface area contributed by atoms with Crippen molar-refractivity contribution in [1.82, 2.24) is 24.8 Å². The number of benzene rings is 1. The Balaban J connectivity index is 1.16. The maximum absolute atomic E-state index is 9.34. The summed E-state index contributed by atoms with van der Waals surface area (Å²) in [6, 6.07) is 9.41. The summed E-state index contributed by atoms with van der Waals surface area (Å²) in [5.74, 6) is 1.67. The van der Waals surface area contributed by atoms with Gasteiger partial charge in [0.1, 0.15) is 6.10 Å². The van der Waals surface area contributed by atoms with Crippen LogP contribution in [0.1, 0.15) is 18.4 Å². The lowest BCUT2D eigenvalue weighted by molar-refractivity contribution is -0.000749. The average Bonchev–Trinajstić information content (AvgIpc) is 3.67. The molecule has 0 bridgehead atoms. The molecule has 218 valence electrons. The van der Waals surface area contributed by atoms with Crippen LogP contribution in [0.2, 0.25) is 10.0 Å². The fourth-order valence-corrected chi connectivity index (χ4v) is 5.71. The first-order valence-corrected chi connectivity index (χ1v) is 14.7. The van der Waals surface area contributed by atoms with Crippen molar-refractivity contribution in [1.29, 1.82) is 0 Å². The number of aliphatic hydroxyl groups excluding tert-OH is 1. The summed E-state index contributed by atoms with van der Waals surface area (Å²) in [7, 11) is 2.12. The summed E-state index contributed by atoms with van der Waals surface area (Å²) in [6.45, 7) is 6.74. The van der Waals surface area contributed by atoms with Crippen LogP contribution in [0, 0.1) is 0 Å². The first-order valence-electron chi connectivity index (χ1n) is 14.0. The Labute approximate surface area is 249 Å². The summed E-state index contributed by atoms with van der Waals surface area (Å²) in [6.07, 6.45) is 4.58. The molecule has 3 aliphatic rings. The number of piperazine rings is 1. The molecule has 0 spiro atoms. The SMILES string of the molecule is CN1CCN(c2ncc(Oc3cc(CN4CCC(OCC5OC5O)CC4)cc(-c4cc(Cl)cc(Cl)c4)n3)cn2)CC1. The number of rotatable bonds is 9. The molecule has 2 aromatic heterocycles. The number of epoxide rings is 1. The number of likely N-dealkylation sites (N-methyl/N-ethyl adjacent to an activating group) is 1. The van der Waals surface area contributed by atoms with Gasteiger partial charge in [-0.25, -0.2) is 15.0 Å². The van der Waals surface area contributed by atoms with Crippen LogP contribution in [-0.4, -0.2) is 101 Å². The molecular formula is C29H34Cl2N6O4. The lowest BCUT2D eigenvalue weighted by Gasteiger charge is -2.32. The van der Waals surface area contributed by atoms with Gasteiger partial charge < -0.3 is 29.1 Å². The van der Waals surface area contributed by atoms with Crippen molar-refractivity contribution in [2.75, 3.05) is 57.8 Å². The van der Waals surface area contributed by atoms with Gasteiger partial charge in [0, 0.05) is 67.5 Å². The van der Waals surface area contributed by atoms with Crippen LogP contribution in [0.5, 0.6) is 11.6 Å². The van der Waals surface area contributed by atoms with Gasteiger partial charge in [-0.15, -0.1) is 0 Å². The molecule has 0 radical (unpaired) electrons. The van der Waals surface area contributed by atoms with Crippen molar-refractivity contribution in [3.05, 3.63) is 58.3 Å². The highest BCUT2D eigenvalue weighted by atomic mass is 35.5. The van der Waals surface area contributed by atoms with Crippen LogP contribution in [-0.2, 0) is 16.0 Å². The number of piperidine rings is 1. The quantitative estimate of drug-likeness (QED) is 0.361. The largest absolute Gasteiger partial charge is 0.436 e. The Bertz CT molecular complexity index is 1310. The lowest BCUT2D eigenvalue weighted by atomic mass is 10.1. The Morgan fingerprint density at radius 3 is 2.29 bits per heavy atom. The Hall–Kier alpha value is -2.57. The number of nitrogens with zero attached hydrogens (tertiary/aromatic N) is 6. The van der Waals surface area contributed by atoms with Gasteiger partial charge in [-0.2, -0.15) is 0 Å². The molecule has 6 rings (SSSR count). The van der Waals surface area contributed by atoms with Crippen LogP contribution in [0.25, 0.3) is 11.3 Å². The molecule has 3 saturated heterocycles. The molecule has 1 N–H and O–H groups in total. The Morgan fingerprint density at radius 2 is 1.63 bits per heavy atom. The molecule has 3 fully saturated rings. The summed E-state index contributed by atoms with van der Waals surface area (Å²) in [5.41, 5.74) is 2.59. The fraction of sp³-hybridized carbons (Fsp3) is 0.483. The van der Waals surface area contributed by atoms with Crippen molar-refractivity contribution >= 4 is 29.2 Å². The highest BCUT2D eigenvalue weighted by molar-refractivity contribution is 6.35. The number of anilines is 1. The molecule has 0 aliphatic carbocycles. The number of hydrogen-bond donors (Lipinski definition) is 1. The van der Waals surface area contributed by atoms with Crippen LogP contribution in [0.3, 0.4) is 0 Å². The van der Waals surface area contributed by atoms with Gasteiger partial charge in [-0.05, 0) is 49.7 Å². The number of likely N-dealkylation sites (tertiary alicyclic amines) is 1. The highest BCUT2D eigenvalue weighted by Crippen LogP contribution is 2.31. The second kappa shape index (κ2) is 12.7. The van der Waals surface area contributed by atoms with Gasteiger partial charge in [-0.3, -0.25) is 4.90 Å². The predicted octanol–water partition coefficient (Wildman–Crippen LogP) is 4.09. The van der Waals surface area contributed by atoms with Crippen molar-refractivity contribution in [2.45, 2.75) is 37.9 Å². The zero-order valence-corrected chi connectivity index (χ0v) is 24.5. The van der Waals surface area contributed by atoms with Crippen LogP contribution < -0.4 is 9.64 Å². The topological polar surface area (TPSA) is 99.6 Å². The van der Waals surface area contributed by atoms with Gasteiger partial charge in [0.2, 0.25) is 11.8 Å². The van der Waals surface area contributed by atoms with E-state index in [1.54, 1.807) is 18.5 Å². The summed E-state index contributed by atoms with van der Waals surface area (Å²) in [5, 5.41) is 10.4. The van der Waals surface area contributed by atoms with Crippen LogP contribution in [0.4, 0.5) is 5.95 Å². The van der Waals surface area contributed by atoms with E-state index >= 15 is 0 Å². The number of halogens is 2. The number of hydrogen-bond acceptors (Lipinski definition) is 10. The van der Waals surface area contributed by atoms with Gasteiger partial charge in [-0.1, -0.05) is 23.2 Å². The molecular weight excluding hydrogens is 567 g/mol. The summed E-state index contributed by atoms with van der Waals surface area (Å²) >= 11 is 12.6. The van der Waals surface area contributed by atoms with E-state index in [4.69, 9.17) is 42.4 Å². The molecule has 1 aromatic carbocycles. The van der Waals surface area contributed by atoms with E-state index in [0.717, 1.165) is 75.5 Å². The molecule has 10 nitrogen and oxygen atoms in total. The minimum Gasteiger partial charge on any atom is -0.436 e. The smallest absolute Gasteiger partial charge is 0.225 e. The second-order valence-corrected chi connectivity index (χ2v) is 11.7. The standard InChI is InChI=1S/C29H34Cl2N6O4/c1-35-6-8-37(9-7-35)29-32-15-24(16-33-29)40-27-11-19(10-25(34-27)20-12-21(30)14-22(31)13-20)17-36-4-2-23(3-5-36)39-18-26-28(38)41-26/h10-16,23,26,28,38H,2-9,17-18H2,1H3. The van der Waals surface area contributed by atoms with E-state index < -0.39 is 6.29 Å². The molecule has 2 atom stereocenters. The number of aliphatic hydroxyl groups is 1. The van der Waals surface area contributed by atoms with Gasteiger partial charge in [0.25, 0.3) is 0 Å². The van der Waals surface area contributed by atoms with Crippen molar-refractivity contribution in [2.24, 2.45) is 0 Å². The monoisotopic (exact) mass is 600 g/mol. The number of aromatic nitrogens is 3. The second-order valence-electron chi connectivity index (χ2n) is 10.8. The summed E-state index contributed by atoms with van der Waals surface area (Å²) < 4.78 is 17.1. The first-order chi connectivity index (χ1) is 19.9.